The van der Waals surface area contributed by atoms with Crippen LogP contribution < -0.4 is 5.32 Å². The van der Waals surface area contributed by atoms with E-state index in [1.54, 1.807) is 0 Å². The Balaban J connectivity index is 1.87. The third-order valence-corrected chi connectivity index (χ3v) is 3.85. The minimum Gasteiger partial charge on any atom is -0.326 e. The van der Waals surface area contributed by atoms with Crippen molar-refractivity contribution < 1.29 is 0 Å². The van der Waals surface area contributed by atoms with Crippen LogP contribution in [0, 0.1) is 13.8 Å². The highest BCUT2D eigenvalue weighted by Crippen LogP contribution is 2.32. The molecule has 1 saturated carbocycles. The first kappa shape index (κ1) is 12.3. The summed E-state index contributed by atoms with van der Waals surface area (Å²) in [5, 5.41) is 3.46. The molecule has 0 amide bonds. The van der Waals surface area contributed by atoms with E-state index in [0.29, 0.717) is 6.04 Å². The number of hydrogen-bond acceptors (Lipinski definition) is 2. The number of imidazole rings is 1. The average molecular weight is 255 g/mol. The van der Waals surface area contributed by atoms with Crippen molar-refractivity contribution in [1.29, 1.82) is 0 Å². The van der Waals surface area contributed by atoms with Crippen LogP contribution >= 0.6 is 0 Å². The molecule has 1 aromatic heterocycles. The van der Waals surface area contributed by atoms with E-state index in [4.69, 9.17) is 0 Å². The molecule has 3 nitrogen and oxygen atoms in total. The molecule has 0 aliphatic heterocycles. The summed E-state index contributed by atoms with van der Waals surface area (Å²) in [5.41, 5.74) is 3.47. The zero-order chi connectivity index (χ0) is 13.2. The quantitative estimate of drug-likeness (QED) is 0.883. The fourth-order valence-corrected chi connectivity index (χ4v) is 2.92. The lowest BCUT2D eigenvalue weighted by Crippen LogP contribution is -2.07. The molecule has 100 valence electrons. The van der Waals surface area contributed by atoms with Crippen LogP contribution in [0.4, 0.5) is 11.6 Å². The maximum Gasteiger partial charge on any atom is 0.207 e. The second-order valence-corrected chi connectivity index (χ2v) is 5.55. The number of anilines is 2. The summed E-state index contributed by atoms with van der Waals surface area (Å²) in [6.07, 6.45) is 7.41. The molecule has 19 heavy (non-hydrogen) atoms. The molecule has 3 rings (SSSR count). The van der Waals surface area contributed by atoms with Crippen molar-refractivity contribution in [3.63, 3.8) is 0 Å². The van der Waals surface area contributed by atoms with E-state index in [1.165, 1.54) is 31.2 Å². The van der Waals surface area contributed by atoms with Gasteiger partial charge in [0.1, 0.15) is 0 Å². The SMILES string of the molecule is Cc1cccc(Nc2nc(C)cn2C2CCCC2)c1. The molecule has 3 heteroatoms. The number of nitrogens with zero attached hydrogens (tertiary/aromatic N) is 2. The van der Waals surface area contributed by atoms with Crippen LogP contribution in [0.2, 0.25) is 0 Å². The molecule has 1 heterocycles. The highest BCUT2D eigenvalue weighted by Gasteiger charge is 2.20. The molecule has 1 fully saturated rings. The molecular weight excluding hydrogens is 234 g/mol. The summed E-state index contributed by atoms with van der Waals surface area (Å²) in [4.78, 5) is 4.63. The van der Waals surface area contributed by atoms with Gasteiger partial charge in [0.2, 0.25) is 5.95 Å². The van der Waals surface area contributed by atoms with Gasteiger partial charge < -0.3 is 9.88 Å². The first-order chi connectivity index (χ1) is 9.22. The van der Waals surface area contributed by atoms with Gasteiger partial charge in [-0.3, -0.25) is 0 Å². The molecule has 1 aliphatic carbocycles. The number of hydrogen-bond donors (Lipinski definition) is 1. The lowest BCUT2D eigenvalue weighted by Gasteiger charge is -2.15. The van der Waals surface area contributed by atoms with Crippen LogP contribution in [0.3, 0.4) is 0 Å². The topological polar surface area (TPSA) is 29.9 Å². The van der Waals surface area contributed by atoms with Crippen LogP contribution in [-0.2, 0) is 0 Å². The van der Waals surface area contributed by atoms with Crippen molar-refractivity contribution in [3.05, 3.63) is 41.7 Å². The van der Waals surface area contributed by atoms with Gasteiger partial charge in [0.15, 0.2) is 0 Å². The summed E-state index contributed by atoms with van der Waals surface area (Å²) in [6, 6.07) is 9.06. The molecule has 1 aliphatic rings. The van der Waals surface area contributed by atoms with E-state index in [1.807, 2.05) is 0 Å². The minimum atomic E-state index is 0.619. The van der Waals surface area contributed by atoms with Gasteiger partial charge in [-0.2, -0.15) is 0 Å². The Kier molecular flexibility index (Phi) is 3.28. The van der Waals surface area contributed by atoms with Crippen LogP contribution in [0.25, 0.3) is 0 Å². The van der Waals surface area contributed by atoms with Gasteiger partial charge >= 0.3 is 0 Å². The van der Waals surface area contributed by atoms with Crippen LogP contribution in [0.15, 0.2) is 30.5 Å². The van der Waals surface area contributed by atoms with Crippen molar-refractivity contribution in [3.8, 4) is 0 Å². The number of aromatic nitrogens is 2. The van der Waals surface area contributed by atoms with Crippen molar-refractivity contribution in [2.45, 2.75) is 45.6 Å². The molecule has 0 spiro atoms. The molecule has 1 aromatic carbocycles. The van der Waals surface area contributed by atoms with E-state index in [-0.39, 0.29) is 0 Å². The van der Waals surface area contributed by atoms with E-state index in [9.17, 15) is 0 Å². The standard InChI is InChI=1S/C16H21N3/c1-12-6-5-7-14(10-12)18-16-17-13(2)11-19(16)15-8-3-4-9-15/h5-7,10-11,15H,3-4,8-9H2,1-2H3,(H,17,18). The Bertz CT molecular complexity index is 565. The van der Waals surface area contributed by atoms with Gasteiger partial charge in [0, 0.05) is 17.9 Å². The van der Waals surface area contributed by atoms with E-state index < -0.39 is 0 Å². The highest BCUT2D eigenvalue weighted by molar-refractivity contribution is 5.55. The molecule has 0 unspecified atom stereocenters. The fourth-order valence-electron chi connectivity index (χ4n) is 2.92. The van der Waals surface area contributed by atoms with Gasteiger partial charge in [-0.05, 0) is 44.4 Å². The molecule has 0 atom stereocenters. The van der Waals surface area contributed by atoms with Crippen molar-refractivity contribution in [1.82, 2.24) is 9.55 Å². The molecule has 0 saturated heterocycles. The predicted molar refractivity (Wildman–Crippen MR) is 78.9 cm³/mol. The van der Waals surface area contributed by atoms with Gasteiger partial charge in [-0.25, -0.2) is 4.98 Å². The lowest BCUT2D eigenvalue weighted by molar-refractivity contribution is 0.524. The monoisotopic (exact) mass is 255 g/mol. The number of benzene rings is 1. The molecule has 0 radical (unpaired) electrons. The van der Waals surface area contributed by atoms with Crippen molar-refractivity contribution in [2.24, 2.45) is 0 Å². The minimum absolute atomic E-state index is 0.619. The molecular formula is C16H21N3. The maximum atomic E-state index is 4.63. The summed E-state index contributed by atoms with van der Waals surface area (Å²) in [5.74, 6) is 0.981. The normalized spacial score (nSPS) is 15.9. The van der Waals surface area contributed by atoms with Crippen LogP contribution in [0.5, 0.6) is 0 Å². The van der Waals surface area contributed by atoms with E-state index in [0.717, 1.165) is 17.3 Å². The van der Waals surface area contributed by atoms with Gasteiger partial charge in [-0.1, -0.05) is 25.0 Å². The molecule has 2 aromatic rings. The maximum absolute atomic E-state index is 4.63. The Hall–Kier alpha value is -1.77. The van der Waals surface area contributed by atoms with E-state index in [2.05, 4.69) is 59.2 Å². The summed E-state index contributed by atoms with van der Waals surface area (Å²) < 4.78 is 2.32. The van der Waals surface area contributed by atoms with E-state index >= 15 is 0 Å². The van der Waals surface area contributed by atoms with Crippen molar-refractivity contribution in [2.75, 3.05) is 5.32 Å². The van der Waals surface area contributed by atoms with Gasteiger partial charge in [-0.15, -0.1) is 0 Å². The summed E-state index contributed by atoms with van der Waals surface area (Å²) >= 11 is 0. The molecule has 1 N–H and O–H groups in total. The van der Waals surface area contributed by atoms with Crippen molar-refractivity contribution >= 4 is 11.6 Å². The third kappa shape index (κ3) is 2.65. The number of rotatable bonds is 3. The van der Waals surface area contributed by atoms with Gasteiger partial charge in [0.25, 0.3) is 0 Å². The Morgan fingerprint density at radius 1 is 1.21 bits per heavy atom. The average Bonchev–Trinajstić information content (AvgIpc) is 2.98. The predicted octanol–water partition coefficient (Wildman–Crippen LogP) is 4.36. The Labute approximate surface area is 114 Å². The second-order valence-electron chi connectivity index (χ2n) is 5.55. The first-order valence-electron chi connectivity index (χ1n) is 7.11. The number of nitrogens with one attached hydrogen (secondary N) is 1. The number of aryl methyl sites for hydroxylation is 2. The summed E-state index contributed by atoms with van der Waals surface area (Å²) in [7, 11) is 0. The highest BCUT2D eigenvalue weighted by atomic mass is 15.2. The third-order valence-electron chi connectivity index (χ3n) is 3.85. The first-order valence-corrected chi connectivity index (χ1v) is 7.11. The molecule has 0 bridgehead atoms. The smallest absolute Gasteiger partial charge is 0.207 e. The van der Waals surface area contributed by atoms with Crippen LogP contribution in [-0.4, -0.2) is 9.55 Å². The zero-order valence-electron chi connectivity index (χ0n) is 11.7. The largest absolute Gasteiger partial charge is 0.326 e. The fraction of sp³-hybridized carbons (Fsp3) is 0.438. The van der Waals surface area contributed by atoms with Crippen LogP contribution in [0.1, 0.15) is 43.0 Å². The zero-order valence-corrected chi connectivity index (χ0v) is 11.7. The summed E-state index contributed by atoms with van der Waals surface area (Å²) in [6.45, 7) is 4.17. The lowest BCUT2D eigenvalue weighted by atomic mass is 10.2. The Morgan fingerprint density at radius 2 is 2.00 bits per heavy atom. The Morgan fingerprint density at radius 3 is 2.74 bits per heavy atom. The second kappa shape index (κ2) is 5.08. The van der Waals surface area contributed by atoms with Gasteiger partial charge in [0.05, 0.1) is 5.69 Å².